The first-order chi connectivity index (χ1) is 30.0. The number of hydrogen-bond donors (Lipinski definition) is 0. The van der Waals surface area contributed by atoms with Gasteiger partial charge in [0.25, 0.3) is 0 Å². The van der Waals surface area contributed by atoms with Crippen molar-refractivity contribution >= 4 is 0 Å². The molecule has 7 aromatic rings. The minimum atomic E-state index is -0.666. The van der Waals surface area contributed by atoms with Crippen LogP contribution in [-0.2, 0) is 10.8 Å². The van der Waals surface area contributed by atoms with Crippen molar-refractivity contribution < 1.29 is 14.2 Å². The Morgan fingerprint density at radius 1 is 0.290 bits per heavy atom. The molecule has 9 nitrogen and oxygen atoms in total. The van der Waals surface area contributed by atoms with Crippen LogP contribution in [0.15, 0.2) is 152 Å². The molecule has 9 heteroatoms. The van der Waals surface area contributed by atoms with Crippen LogP contribution < -0.4 is 14.2 Å². The normalized spacial score (nSPS) is 10.7. The Bertz CT molecular complexity index is 2960. The van der Waals surface area contributed by atoms with Crippen LogP contribution in [0.1, 0.15) is 82.0 Å². The summed E-state index contributed by atoms with van der Waals surface area (Å²) in [6.07, 6.45) is 0. The van der Waals surface area contributed by atoms with Crippen molar-refractivity contribution in [2.75, 3.05) is 0 Å². The standard InChI is InChI=1S/C53H34N6O3/c1-52(2,42-11-20-46(21-12-42)60-49-17-4-35(29-54)38(26-49)32-57)41-7-9-43(10-8-41)53(3,44-13-22-47(23-14-44)61-50-18-5-36(30-55)39(27-50)33-58)45-15-24-48(25-16-45)62-51-19-6-37(31-56)40(28-51)34-59/h4-28H,1-3H3. The minimum absolute atomic E-state index is 0.236. The van der Waals surface area contributed by atoms with Crippen LogP contribution in [0, 0.1) is 68.0 Å². The Balaban J connectivity index is 1.18. The van der Waals surface area contributed by atoms with E-state index in [4.69, 9.17) is 14.2 Å². The Labute approximate surface area is 359 Å². The third kappa shape index (κ3) is 8.25. The van der Waals surface area contributed by atoms with Crippen LogP contribution in [0.2, 0.25) is 0 Å². The van der Waals surface area contributed by atoms with Gasteiger partial charge in [0.2, 0.25) is 0 Å². The van der Waals surface area contributed by atoms with Gasteiger partial charge in [-0.15, -0.1) is 0 Å². The summed E-state index contributed by atoms with van der Waals surface area (Å²) in [5.74, 6) is 3.07. The first-order valence-corrected chi connectivity index (χ1v) is 19.3. The molecule has 62 heavy (non-hydrogen) atoms. The zero-order valence-electron chi connectivity index (χ0n) is 33.8. The molecule has 0 saturated heterocycles. The van der Waals surface area contributed by atoms with Crippen LogP contribution >= 0.6 is 0 Å². The summed E-state index contributed by atoms with van der Waals surface area (Å²) in [7, 11) is 0. The fraction of sp³-hybridized carbons (Fsp3) is 0.0943. The molecular weight excluding hydrogens is 769 g/mol. The molecular formula is C53H34N6O3. The zero-order valence-corrected chi connectivity index (χ0v) is 33.8. The van der Waals surface area contributed by atoms with E-state index >= 15 is 0 Å². The van der Waals surface area contributed by atoms with Crippen LogP contribution in [-0.4, -0.2) is 0 Å². The van der Waals surface area contributed by atoms with Crippen LogP contribution in [0.5, 0.6) is 34.5 Å². The molecule has 0 heterocycles. The van der Waals surface area contributed by atoms with Gasteiger partial charge in [-0.05, 0) is 126 Å². The molecule has 0 spiro atoms. The van der Waals surface area contributed by atoms with Gasteiger partial charge in [-0.25, -0.2) is 0 Å². The third-order valence-corrected chi connectivity index (χ3v) is 11.0. The molecule has 7 rings (SSSR count). The highest BCUT2D eigenvalue weighted by atomic mass is 16.5. The lowest BCUT2D eigenvalue weighted by atomic mass is 9.70. The number of ether oxygens (including phenoxy) is 3. The predicted octanol–water partition coefficient (Wildman–Crippen LogP) is 12.0. The Kier molecular flexibility index (Phi) is 11.5. The second kappa shape index (κ2) is 17.4. The zero-order chi connectivity index (χ0) is 43.9. The Hall–Kier alpha value is -9.12. The largest absolute Gasteiger partial charge is 0.457 e. The Morgan fingerprint density at radius 3 is 0.790 bits per heavy atom. The number of rotatable bonds is 11. The molecule has 0 aromatic heterocycles. The number of nitrogens with zero attached hydrogens (tertiary/aromatic N) is 6. The van der Waals surface area contributed by atoms with Crippen molar-refractivity contribution in [1.82, 2.24) is 0 Å². The molecule has 294 valence electrons. The maximum atomic E-state index is 9.51. The summed E-state index contributed by atoms with van der Waals surface area (Å²) in [5, 5.41) is 56.4. The summed E-state index contributed by atoms with van der Waals surface area (Å²) in [6.45, 7) is 6.48. The molecule has 0 atom stereocenters. The van der Waals surface area contributed by atoms with E-state index < -0.39 is 5.41 Å². The van der Waals surface area contributed by atoms with Crippen LogP contribution in [0.25, 0.3) is 0 Å². The lowest BCUT2D eigenvalue weighted by Gasteiger charge is -2.33. The van der Waals surface area contributed by atoms with Crippen molar-refractivity contribution in [3.8, 4) is 70.9 Å². The fourth-order valence-electron chi connectivity index (χ4n) is 7.28. The molecule has 0 unspecified atom stereocenters. The van der Waals surface area contributed by atoms with E-state index in [0.29, 0.717) is 40.1 Å². The number of nitriles is 6. The molecule has 0 bridgehead atoms. The maximum absolute atomic E-state index is 9.51. The van der Waals surface area contributed by atoms with E-state index in [1.807, 2.05) is 109 Å². The van der Waals surface area contributed by atoms with Gasteiger partial charge >= 0.3 is 0 Å². The molecule has 0 N–H and O–H groups in total. The highest BCUT2D eigenvalue weighted by Gasteiger charge is 2.32. The monoisotopic (exact) mass is 802 g/mol. The highest BCUT2D eigenvalue weighted by Crippen LogP contribution is 2.42. The minimum Gasteiger partial charge on any atom is -0.457 e. The molecule has 0 fully saturated rings. The molecule has 0 aliphatic heterocycles. The van der Waals surface area contributed by atoms with Gasteiger partial charge in [0.15, 0.2) is 0 Å². The van der Waals surface area contributed by atoms with Crippen molar-refractivity contribution in [3.63, 3.8) is 0 Å². The van der Waals surface area contributed by atoms with Gasteiger partial charge < -0.3 is 14.2 Å². The molecule has 0 radical (unpaired) electrons. The molecule has 0 amide bonds. The predicted molar refractivity (Wildman–Crippen MR) is 231 cm³/mol. The summed E-state index contributed by atoms with van der Waals surface area (Å²) in [6, 6.07) is 58.5. The molecule has 7 aromatic carbocycles. The molecule has 0 aliphatic carbocycles. The fourth-order valence-corrected chi connectivity index (χ4v) is 7.28. The lowest BCUT2D eigenvalue weighted by molar-refractivity contribution is 0.481. The molecule has 0 saturated carbocycles. The van der Waals surface area contributed by atoms with Gasteiger partial charge in [0.05, 0.1) is 33.4 Å². The average Bonchev–Trinajstić information content (AvgIpc) is 3.31. The van der Waals surface area contributed by atoms with Crippen molar-refractivity contribution in [2.24, 2.45) is 0 Å². The van der Waals surface area contributed by atoms with Crippen molar-refractivity contribution in [3.05, 3.63) is 213 Å². The van der Waals surface area contributed by atoms with Crippen LogP contribution in [0.3, 0.4) is 0 Å². The first-order valence-electron chi connectivity index (χ1n) is 19.3. The number of hydrogen-bond acceptors (Lipinski definition) is 9. The average molecular weight is 803 g/mol. The maximum Gasteiger partial charge on any atom is 0.128 e. The van der Waals surface area contributed by atoms with Gasteiger partial charge in [0, 0.05) is 10.8 Å². The first kappa shape index (κ1) is 41.1. The summed E-state index contributed by atoms with van der Waals surface area (Å²) in [5.41, 5.74) is 5.67. The van der Waals surface area contributed by atoms with E-state index in [1.165, 1.54) is 0 Å². The quantitative estimate of drug-likeness (QED) is 0.115. The summed E-state index contributed by atoms with van der Waals surface area (Å²) in [4.78, 5) is 0. The van der Waals surface area contributed by atoms with E-state index in [1.54, 1.807) is 54.6 Å². The third-order valence-electron chi connectivity index (χ3n) is 11.0. The van der Waals surface area contributed by atoms with E-state index in [2.05, 4.69) is 45.0 Å². The summed E-state index contributed by atoms with van der Waals surface area (Å²) >= 11 is 0. The second-order valence-corrected chi connectivity index (χ2v) is 15.0. The second-order valence-electron chi connectivity index (χ2n) is 15.0. The van der Waals surface area contributed by atoms with Gasteiger partial charge in [-0.2, -0.15) is 31.6 Å². The smallest absolute Gasteiger partial charge is 0.128 e. The highest BCUT2D eigenvalue weighted by molar-refractivity contribution is 5.56. The van der Waals surface area contributed by atoms with E-state index in [9.17, 15) is 31.6 Å². The van der Waals surface area contributed by atoms with Crippen molar-refractivity contribution in [2.45, 2.75) is 31.6 Å². The Morgan fingerprint density at radius 2 is 0.516 bits per heavy atom. The van der Waals surface area contributed by atoms with E-state index in [0.717, 1.165) is 27.8 Å². The van der Waals surface area contributed by atoms with Crippen LogP contribution in [0.4, 0.5) is 0 Å². The van der Waals surface area contributed by atoms with Gasteiger partial charge in [-0.3, -0.25) is 0 Å². The van der Waals surface area contributed by atoms with Gasteiger partial charge in [-0.1, -0.05) is 74.5 Å². The topological polar surface area (TPSA) is 170 Å². The lowest BCUT2D eigenvalue weighted by Crippen LogP contribution is -2.26. The van der Waals surface area contributed by atoms with E-state index in [-0.39, 0.29) is 33.2 Å². The molecule has 0 aliphatic rings. The van der Waals surface area contributed by atoms with Crippen molar-refractivity contribution in [1.29, 1.82) is 31.6 Å². The summed E-state index contributed by atoms with van der Waals surface area (Å²) < 4.78 is 18.2. The van der Waals surface area contributed by atoms with Gasteiger partial charge in [0.1, 0.15) is 70.9 Å². The SMILES string of the molecule is CC(C)(c1ccc(Oc2ccc(C#N)c(C#N)c2)cc1)c1ccc(C(C)(c2ccc(Oc3ccc(C#N)c(C#N)c3)cc2)c2ccc(Oc3ccc(C#N)c(C#N)c3)cc2)cc1. The number of benzene rings is 7.